The van der Waals surface area contributed by atoms with Crippen molar-refractivity contribution in [2.45, 2.75) is 13.0 Å². The van der Waals surface area contributed by atoms with Gasteiger partial charge in [0.2, 0.25) is 0 Å². The molecule has 19 heavy (non-hydrogen) atoms. The van der Waals surface area contributed by atoms with E-state index in [4.69, 9.17) is 11.6 Å². The quantitative estimate of drug-likeness (QED) is 0.772. The molecule has 3 nitrogen and oxygen atoms in total. The predicted molar refractivity (Wildman–Crippen MR) is 76.3 cm³/mol. The molecular formula is C15H13ClN2O. The molecule has 0 saturated carbocycles. The molecule has 0 aliphatic rings. The van der Waals surface area contributed by atoms with Gasteiger partial charge in [-0.1, -0.05) is 41.9 Å². The molecule has 1 unspecified atom stereocenters. The summed E-state index contributed by atoms with van der Waals surface area (Å²) in [6.07, 6.45) is 1.24. The van der Waals surface area contributed by atoms with Crippen LogP contribution in [0.2, 0.25) is 5.02 Å². The number of nitrogens with zero attached hydrogens (tertiary/aromatic N) is 2. The Morgan fingerprint density at radius 1 is 1.16 bits per heavy atom. The van der Waals surface area contributed by atoms with Gasteiger partial charge in [0.05, 0.1) is 22.5 Å². The lowest BCUT2D eigenvalue weighted by Crippen LogP contribution is -1.99. The van der Waals surface area contributed by atoms with Crippen LogP contribution >= 0.6 is 11.6 Å². The number of aliphatic hydroxyl groups excluding tert-OH is 1. The van der Waals surface area contributed by atoms with Crippen LogP contribution in [0.25, 0.3) is 16.9 Å². The van der Waals surface area contributed by atoms with Crippen LogP contribution in [0.5, 0.6) is 0 Å². The number of pyridine rings is 1. The van der Waals surface area contributed by atoms with Crippen LogP contribution in [0.3, 0.4) is 0 Å². The molecule has 96 valence electrons. The Morgan fingerprint density at radius 3 is 2.58 bits per heavy atom. The van der Waals surface area contributed by atoms with E-state index < -0.39 is 6.10 Å². The van der Waals surface area contributed by atoms with Gasteiger partial charge in [-0.2, -0.15) is 0 Å². The van der Waals surface area contributed by atoms with Crippen LogP contribution in [-0.4, -0.2) is 14.5 Å². The van der Waals surface area contributed by atoms with E-state index in [0.29, 0.717) is 10.7 Å². The van der Waals surface area contributed by atoms with Crippen molar-refractivity contribution in [1.29, 1.82) is 0 Å². The van der Waals surface area contributed by atoms with E-state index in [1.807, 2.05) is 47.0 Å². The minimum atomic E-state index is -0.622. The number of rotatable bonds is 2. The monoisotopic (exact) mass is 272 g/mol. The van der Waals surface area contributed by atoms with Gasteiger partial charge in [-0.3, -0.25) is 4.40 Å². The Morgan fingerprint density at radius 2 is 1.89 bits per heavy atom. The number of benzene rings is 1. The summed E-state index contributed by atoms with van der Waals surface area (Å²) in [6, 6.07) is 13.4. The summed E-state index contributed by atoms with van der Waals surface area (Å²) in [5.74, 6) is 0. The van der Waals surface area contributed by atoms with Crippen molar-refractivity contribution in [2.75, 3.05) is 0 Å². The highest BCUT2D eigenvalue weighted by Gasteiger charge is 2.18. The molecule has 0 saturated heterocycles. The van der Waals surface area contributed by atoms with Crippen LogP contribution in [0.1, 0.15) is 18.7 Å². The molecule has 0 aliphatic heterocycles. The predicted octanol–water partition coefficient (Wildman–Crippen LogP) is 3.71. The summed E-state index contributed by atoms with van der Waals surface area (Å²) >= 11 is 6.17. The van der Waals surface area contributed by atoms with Gasteiger partial charge in [0, 0.05) is 11.8 Å². The number of fused-ring (bicyclic) bond motifs is 1. The van der Waals surface area contributed by atoms with Crippen LogP contribution in [0.4, 0.5) is 0 Å². The Kier molecular flexibility index (Phi) is 3.01. The van der Waals surface area contributed by atoms with Gasteiger partial charge in [0.25, 0.3) is 0 Å². The summed E-state index contributed by atoms with van der Waals surface area (Å²) < 4.78 is 1.84. The Bertz CT molecular complexity index is 720. The molecule has 0 aliphatic carbocycles. The lowest BCUT2D eigenvalue weighted by atomic mass is 10.1. The smallest absolute Gasteiger partial charge is 0.156 e. The number of aliphatic hydroxyl groups is 1. The Hall–Kier alpha value is -1.84. The largest absolute Gasteiger partial charge is 0.387 e. The van der Waals surface area contributed by atoms with Crippen molar-refractivity contribution >= 4 is 17.2 Å². The standard InChI is InChI=1S/C15H13ClN2O/c1-10(19)14-13(11-6-3-2-4-7-11)17-15-12(16)8-5-9-18(14)15/h2-10,19H,1H3. The van der Waals surface area contributed by atoms with E-state index in [2.05, 4.69) is 4.98 Å². The van der Waals surface area contributed by atoms with E-state index in [9.17, 15) is 5.11 Å². The molecule has 0 amide bonds. The normalized spacial score (nSPS) is 12.8. The zero-order valence-corrected chi connectivity index (χ0v) is 11.2. The lowest BCUT2D eigenvalue weighted by Gasteiger charge is -2.07. The third-order valence-corrected chi connectivity index (χ3v) is 3.38. The maximum absolute atomic E-state index is 10.0. The third kappa shape index (κ3) is 2.01. The Balaban J connectivity index is 2.36. The van der Waals surface area contributed by atoms with E-state index >= 15 is 0 Å². The fraction of sp³-hybridized carbons (Fsp3) is 0.133. The van der Waals surface area contributed by atoms with Gasteiger partial charge in [-0.15, -0.1) is 0 Å². The second-order valence-electron chi connectivity index (χ2n) is 4.44. The summed E-state index contributed by atoms with van der Waals surface area (Å²) in [4.78, 5) is 4.57. The molecule has 4 heteroatoms. The maximum atomic E-state index is 10.0. The van der Waals surface area contributed by atoms with Gasteiger partial charge in [0.15, 0.2) is 5.65 Å². The van der Waals surface area contributed by atoms with Crippen LogP contribution < -0.4 is 0 Å². The minimum Gasteiger partial charge on any atom is -0.387 e. The topological polar surface area (TPSA) is 37.5 Å². The average molecular weight is 273 g/mol. The molecule has 2 aromatic heterocycles. The molecule has 3 rings (SSSR count). The molecule has 1 atom stereocenters. The minimum absolute atomic E-state index is 0.576. The molecule has 2 heterocycles. The SMILES string of the molecule is CC(O)c1c(-c2ccccc2)nc2c(Cl)cccn12. The van der Waals surface area contributed by atoms with Crippen molar-refractivity contribution in [2.24, 2.45) is 0 Å². The molecule has 0 bridgehead atoms. The van der Waals surface area contributed by atoms with Gasteiger partial charge < -0.3 is 5.11 Å². The van der Waals surface area contributed by atoms with Gasteiger partial charge in [0.1, 0.15) is 0 Å². The first-order valence-corrected chi connectivity index (χ1v) is 6.46. The number of halogens is 1. The van der Waals surface area contributed by atoms with Crippen molar-refractivity contribution < 1.29 is 5.11 Å². The van der Waals surface area contributed by atoms with Crippen molar-refractivity contribution in [1.82, 2.24) is 9.38 Å². The molecular weight excluding hydrogens is 260 g/mol. The number of hydrogen-bond donors (Lipinski definition) is 1. The first kappa shape index (κ1) is 12.2. The summed E-state index contributed by atoms with van der Waals surface area (Å²) in [7, 11) is 0. The fourth-order valence-electron chi connectivity index (χ4n) is 2.26. The van der Waals surface area contributed by atoms with E-state index in [1.165, 1.54) is 0 Å². The molecule has 0 spiro atoms. The van der Waals surface area contributed by atoms with Crippen molar-refractivity contribution in [3.8, 4) is 11.3 Å². The van der Waals surface area contributed by atoms with Crippen molar-refractivity contribution in [3.63, 3.8) is 0 Å². The average Bonchev–Trinajstić information content (AvgIpc) is 2.81. The first-order valence-electron chi connectivity index (χ1n) is 6.08. The van der Waals surface area contributed by atoms with E-state index in [0.717, 1.165) is 17.0 Å². The molecule has 1 aromatic carbocycles. The highest BCUT2D eigenvalue weighted by molar-refractivity contribution is 6.33. The van der Waals surface area contributed by atoms with Gasteiger partial charge in [-0.25, -0.2) is 4.98 Å². The Labute approximate surface area is 116 Å². The zero-order valence-electron chi connectivity index (χ0n) is 10.4. The molecule has 0 radical (unpaired) electrons. The fourth-order valence-corrected chi connectivity index (χ4v) is 2.47. The summed E-state index contributed by atoms with van der Waals surface area (Å²) in [6.45, 7) is 1.73. The summed E-state index contributed by atoms with van der Waals surface area (Å²) in [5, 5.41) is 10.6. The van der Waals surface area contributed by atoms with Gasteiger partial charge in [-0.05, 0) is 19.1 Å². The van der Waals surface area contributed by atoms with Crippen LogP contribution in [0.15, 0.2) is 48.7 Å². The van der Waals surface area contributed by atoms with Gasteiger partial charge >= 0.3 is 0 Å². The van der Waals surface area contributed by atoms with Crippen LogP contribution in [-0.2, 0) is 0 Å². The number of imidazole rings is 1. The van der Waals surface area contributed by atoms with Crippen LogP contribution in [0, 0.1) is 0 Å². The van der Waals surface area contributed by atoms with E-state index in [-0.39, 0.29) is 0 Å². The highest BCUT2D eigenvalue weighted by atomic mass is 35.5. The highest BCUT2D eigenvalue weighted by Crippen LogP contribution is 2.30. The number of aromatic nitrogens is 2. The molecule has 0 fully saturated rings. The van der Waals surface area contributed by atoms with E-state index in [1.54, 1.807) is 13.0 Å². The third-order valence-electron chi connectivity index (χ3n) is 3.08. The van der Waals surface area contributed by atoms with Crippen molar-refractivity contribution in [3.05, 3.63) is 59.4 Å². The second kappa shape index (κ2) is 4.68. The molecule has 1 N–H and O–H groups in total. The maximum Gasteiger partial charge on any atom is 0.156 e. The number of hydrogen-bond acceptors (Lipinski definition) is 2. The summed E-state index contributed by atoms with van der Waals surface area (Å²) in [5.41, 5.74) is 3.16. The lowest BCUT2D eigenvalue weighted by molar-refractivity contribution is 0.194. The first-order chi connectivity index (χ1) is 9.18. The zero-order chi connectivity index (χ0) is 13.4. The molecule has 3 aromatic rings. The second-order valence-corrected chi connectivity index (χ2v) is 4.84.